The van der Waals surface area contributed by atoms with E-state index < -0.39 is 12.1 Å². The van der Waals surface area contributed by atoms with Crippen molar-refractivity contribution in [2.24, 2.45) is 5.92 Å². The van der Waals surface area contributed by atoms with Crippen LogP contribution in [0.2, 0.25) is 0 Å². The second kappa shape index (κ2) is 5.50. The number of rotatable bonds is 3. The lowest BCUT2D eigenvalue weighted by atomic mass is 9.86. The third kappa shape index (κ3) is 2.71. The van der Waals surface area contributed by atoms with Gasteiger partial charge in [0.2, 0.25) is 0 Å². The predicted molar refractivity (Wildman–Crippen MR) is 68.6 cm³/mol. The van der Waals surface area contributed by atoms with Gasteiger partial charge in [-0.25, -0.2) is 4.79 Å². The number of likely N-dealkylation sites (tertiary alicyclic amines) is 1. The number of piperidine rings is 1. The molecule has 98 valence electrons. The second-order valence-electron chi connectivity index (χ2n) is 4.98. The van der Waals surface area contributed by atoms with Gasteiger partial charge < -0.3 is 15.1 Å². The Kier molecular flexibility index (Phi) is 3.99. The van der Waals surface area contributed by atoms with Gasteiger partial charge in [0.05, 0.1) is 11.7 Å². The minimum absolute atomic E-state index is 0.154. The number of benzene rings is 1. The van der Waals surface area contributed by atoms with Gasteiger partial charge in [0, 0.05) is 0 Å². The molecule has 0 bridgehead atoms. The third-order valence-corrected chi connectivity index (χ3v) is 3.72. The van der Waals surface area contributed by atoms with Crippen molar-refractivity contribution in [3.8, 4) is 0 Å². The molecule has 0 aromatic heterocycles. The maximum absolute atomic E-state index is 11.1. The Bertz CT molecular complexity index is 425. The molecular weight excluding hydrogens is 230 g/mol. The first kappa shape index (κ1) is 13.1. The van der Waals surface area contributed by atoms with E-state index in [1.54, 1.807) is 24.3 Å². The fraction of sp³-hybridized carbons (Fsp3) is 0.500. The molecule has 18 heavy (non-hydrogen) atoms. The van der Waals surface area contributed by atoms with E-state index in [4.69, 9.17) is 5.11 Å². The van der Waals surface area contributed by atoms with Crippen molar-refractivity contribution >= 4 is 5.97 Å². The van der Waals surface area contributed by atoms with Crippen molar-refractivity contribution in [1.82, 2.24) is 4.90 Å². The molecule has 1 unspecified atom stereocenters. The Morgan fingerprint density at radius 2 is 1.94 bits per heavy atom. The van der Waals surface area contributed by atoms with E-state index in [0.717, 1.165) is 25.9 Å². The maximum atomic E-state index is 11.1. The summed E-state index contributed by atoms with van der Waals surface area (Å²) in [5, 5.41) is 19.5. The molecule has 1 atom stereocenters. The van der Waals surface area contributed by atoms with Gasteiger partial charge in [0.15, 0.2) is 0 Å². The molecule has 1 heterocycles. The molecule has 4 heteroatoms. The van der Waals surface area contributed by atoms with E-state index in [-0.39, 0.29) is 11.5 Å². The number of carboxylic acid groups (broad SMARTS) is 1. The molecular formula is C14H19NO3. The van der Waals surface area contributed by atoms with Crippen LogP contribution < -0.4 is 0 Å². The Hall–Kier alpha value is -1.39. The minimum Gasteiger partial charge on any atom is -0.478 e. The molecule has 0 radical (unpaired) electrons. The van der Waals surface area contributed by atoms with Crippen LogP contribution in [0.25, 0.3) is 0 Å². The van der Waals surface area contributed by atoms with Crippen molar-refractivity contribution < 1.29 is 15.0 Å². The van der Waals surface area contributed by atoms with E-state index in [2.05, 4.69) is 11.9 Å². The molecule has 0 saturated carbocycles. The minimum atomic E-state index is -0.974. The summed E-state index contributed by atoms with van der Waals surface area (Å²) < 4.78 is 0. The standard InChI is InChI=1S/C14H19NO3/c1-15-8-6-10(7-9-15)13(16)11-4-2-3-5-12(11)14(17)18/h2-5,10,13,16H,6-9H2,1H3,(H,17,18). The topological polar surface area (TPSA) is 60.8 Å². The molecule has 1 saturated heterocycles. The van der Waals surface area contributed by atoms with Crippen LogP contribution in [0.4, 0.5) is 0 Å². The Morgan fingerprint density at radius 1 is 1.33 bits per heavy atom. The summed E-state index contributed by atoms with van der Waals surface area (Å²) >= 11 is 0. The number of aliphatic hydroxyl groups is 1. The summed E-state index contributed by atoms with van der Waals surface area (Å²) in [6.07, 6.45) is 1.14. The summed E-state index contributed by atoms with van der Waals surface area (Å²) in [6.45, 7) is 1.91. The molecule has 0 aliphatic carbocycles. The molecule has 2 rings (SSSR count). The quantitative estimate of drug-likeness (QED) is 0.857. The average molecular weight is 249 g/mol. The summed E-state index contributed by atoms with van der Waals surface area (Å²) in [5.74, 6) is -0.820. The summed E-state index contributed by atoms with van der Waals surface area (Å²) in [5.41, 5.74) is 0.753. The van der Waals surface area contributed by atoms with Gasteiger partial charge in [-0.1, -0.05) is 18.2 Å². The van der Waals surface area contributed by atoms with Gasteiger partial charge in [-0.15, -0.1) is 0 Å². The zero-order valence-corrected chi connectivity index (χ0v) is 10.5. The first-order chi connectivity index (χ1) is 8.59. The first-order valence-electron chi connectivity index (χ1n) is 6.28. The van der Waals surface area contributed by atoms with Crippen molar-refractivity contribution in [2.45, 2.75) is 18.9 Å². The zero-order chi connectivity index (χ0) is 13.1. The summed E-state index contributed by atoms with van der Waals surface area (Å²) in [4.78, 5) is 13.4. The number of aromatic carboxylic acids is 1. The SMILES string of the molecule is CN1CCC(C(O)c2ccccc2C(=O)O)CC1. The van der Waals surface area contributed by atoms with Crippen LogP contribution in [-0.4, -0.2) is 41.2 Å². The van der Waals surface area contributed by atoms with Crippen LogP contribution >= 0.6 is 0 Å². The Balaban J connectivity index is 2.18. The maximum Gasteiger partial charge on any atom is 0.336 e. The van der Waals surface area contributed by atoms with Gasteiger partial charge in [0.25, 0.3) is 0 Å². The van der Waals surface area contributed by atoms with E-state index in [9.17, 15) is 9.90 Å². The van der Waals surface area contributed by atoms with Crippen molar-refractivity contribution in [3.63, 3.8) is 0 Å². The normalized spacial score (nSPS) is 19.7. The van der Waals surface area contributed by atoms with Crippen molar-refractivity contribution in [2.75, 3.05) is 20.1 Å². The Morgan fingerprint density at radius 3 is 2.56 bits per heavy atom. The number of carboxylic acids is 1. The number of hydrogen-bond acceptors (Lipinski definition) is 3. The first-order valence-corrected chi connectivity index (χ1v) is 6.28. The molecule has 4 nitrogen and oxygen atoms in total. The lowest BCUT2D eigenvalue weighted by Gasteiger charge is -2.32. The lowest BCUT2D eigenvalue weighted by molar-refractivity contribution is 0.0594. The van der Waals surface area contributed by atoms with Gasteiger partial charge in [0.1, 0.15) is 0 Å². The molecule has 1 aliphatic rings. The van der Waals surface area contributed by atoms with Crippen molar-refractivity contribution in [1.29, 1.82) is 0 Å². The molecule has 1 aromatic carbocycles. The fourth-order valence-electron chi connectivity index (χ4n) is 2.55. The van der Waals surface area contributed by atoms with Crippen LogP contribution in [0.3, 0.4) is 0 Å². The largest absolute Gasteiger partial charge is 0.478 e. The van der Waals surface area contributed by atoms with Gasteiger partial charge in [-0.2, -0.15) is 0 Å². The zero-order valence-electron chi connectivity index (χ0n) is 10.5. The van der Waals surface area contributed by atoms with E-state index >= 15 is 0 Å². The van der Waals surface area contributed by atoms with E-state index in [1.165, 1.54) is 0 Å². The van der Waals surface area contributed by atoms with Crippen LogP contribution in [-0.2, 0) is 0 Å². The van der Waals surface area contributed by atoms with Gasteiger partial charge >= 0.3 is 5.97 Å². The second-order valence-corrected chi connectivity index (χ2v) is 4.98. The molecule has 0 spiro atoms. The Labute approximate surface area is 107 Å². The summed E-state index contributed by atoms with van der Waals surface area (Å²) in [7, 11) is 2.06. The summed E-state index contributed by atoms with van der Waals surface area (Å²) in [6, 6.07) is 6.73. The van der Waals surface area contributed by atoms with E-state index in [0.29, 0.717) is 5.56 Å². The highest BCUT2D eigenvalue weighted by Gasteiger charge is 2.27. The predicted octanol–water partition coefficient (Wildman–Crippen LogP) is 1.76. The molecule has 1 aromatic rings. The van der Waals surface area contributed by atoms with Gasteiger partial charge in [-0.05, 0) is 50.5 Å². The highest BCUT2D eigenvalue weighted by Crippen LogP contribution is 2.32. The van der Waals surface area contributed by atoms with Crippen LogP contribution in [0.5, 0.6) is 0 Å². The van der Waals surface area contributed by atoms with Crippen LogP contribution in [0.1, 0.15) is 34.9 Å². The molecule has 1 aliphatic heterocycles. The lowest BCUT2D eigenvalue weighted by Crippen LogP contribution is -2.33. The van der Waals surface area contributed by atoms with Gasteiger partial charge in [-0.3, -0.25) is 0 Å². The smallest absolute Gasteiger partial charge is 0.336 e. The number of carbonyl (C=O) groups is 1. The molecule has 1 fully saturated rings. The average Bonchev–Trinajstić information content (AvgIpc) is 2.39. The number of nitrogens with zero attached hydrogens (tertiary/aromatic N) is 1. The highest BCUT2D eigenvalue weighted by atomic mass is 16.4. The monoisotopic (exact) mass is 249 g/mol. The molecule has 2 N–H and O–H groups in total. The fourth-order valence-corrected chi connectivity index (χ4v) is 2.55. The van der Waals surface area contributed by atoms with Crippen molar-refractivity contribution in [3.05, 3.63) is 35.4 Å². The number of hydrogen-bond donors (Lipinski definition) is 2. The van der Waals surface area contributed by atoms with Crippen LogP contribution in [0, 0.1) is 5.92 Å². The van der Waals surface area contributed by atoms with Crippen LogP contribution in [0.15, 0.2) is 24.3 Å². The highest BCUT2D eigenvalue weighted by molar-refractivity contribution is 5.89. The van der Waals surface area contributed by atoms with E-state index in [1.807, 2.05) is 0 Å². The molecule has 0 amide bonds. The number of aliphatic hydroxyl groups excluding tert-OH is 1. The third-order valence-electron chi connectivity index (χ3n) is 3.72.